The first-order valence-corrected chi connectivity index (χ1v) is 6.04. The summed E-state index contributed by atoms with van der Waals surface area (Å²) >= 11 is 4.96. The summed E-state index contributed by atoms with van der Waals surface area (Å²) in [5.74, 6) is -0.444. The van der Waals surface area contributed by atoms with Crippen LogP contribution in [0.2, 0.25) is 0 Å². The van der Waals surface area contributed by atoms with Crippen LogP contribution in [0, 0.1) is 17.5 Å². The van der Waals surface area contributed by atoms with E-state index in [1.165, 1.54) is 12.1 Å². The molecule has 100 valence electrons. The molecule has 0 saturated carbocycles. The molecule has 5 nitrogen and oxygen atoms in total. The van der Waals surface area contributed by atoms with Crippen molar-refractivity contribution < 1.29 is 9.18 Å². The summed E-state index contributed by atoms with van der Waals surface area (Å²) in [6, 6.07) is 4.40. The first kappa shape index (κ1) is 13.4. The van der Waals surface area contributed by atoms with Crippen molar-refractivity contribution in [1.82, 2.24) is 20.1 Å². The van der Waals surface area contributed by atoms with E-state index in [1.807, 2.05) is 0 Å². The number of carbonyl (C=O) groups excluding carboxylic acids is 1. The van der Waals surface area contributed by atoms with Crippen LogP contribution in [0.5, 0.6) is 0 Å². The minimum absolute atomic E-state index is 0.0248. The molecule has 1 aromatic carbocycles. The molecule has 2 N–H and O–H groups in total. The molecule has 0 bridgehead atoms. The van der Waals surface area contributed by atoms with Crippen molar-refractivity contribution in [1.29, 1.82) is 0 Å². The first-order chi connectivity index (χ1) is 8.99. The molecule has 7 heteroatoms. The number of hydrogen-bond donors (Lipinski definition) is 2. The summed E-state index contributed by atoms with van der Waals surface area (Å²) in [7, 11) is 1.74. The second-order valence-electron chi connectivity index (χ2n) is 4.17. The first-order valence-electron chi connectivity index (χ1n) is 5.63. The molecule has 1 aromatic heterocycles. The fourth-order valence-electron chi connectivity index (χ4n) is 1.61. The van der Waals surface area contributed by atoms with Gasteiger partial charge in [-0.15, -0.1) is 0 Å². The van der Waals surface area contributed by atoms with Crippen molar-refractivity contribution in [2.45, 2.75) is 13.5 Å². The molecule has 0 unspecified atom stereocenters. The van der Waals surface area contributed by atoms with Gasteiger partial charge in [0.1, 0.15) is 5.82 Å². The number of aromatic nitrogens is 3. The van der Waals surface area contributed by atoms with E-state index in [2.05, 4.69) is 15.5 Å². The van der Waals surface area contributed by atoms with Gasteiger partial charge in [0.05, 0.1) is 12.1 Å². The molecule has 1 amide bonds. The number of benzene rings is 1. The fourth-order valence-corrected chi connectivity index (χ4v) is 1.76. The minimum Gasteiger partial charge on any atom is -0.345 e. The number of aryl methyl sites for hydroxylation is 1. The number of carbonyl (C=O) groups is 1. The highest BCUT2D eigenvalue weighted by Crippen LogP contribution is 2.10. The van der Waals surface area contributed by atoms with Gasteiger partial charge < -0.3 is 9.88 Å². The lowest BCUT2D eigenvalue weighted by Gasteiger charge is -2.06. The van der Waals surface area contributed by atoms with Crippen molar-refractivity contribution in [3.05, 3.63) is 45.7 Å². The van der Waals surface area contributed by atoms with E-state index in [9.17, 15) is 9.18 Å². The molecule has 1 heterocycles. The summed E-state index contributed by atoms with van der Waals surface area (Å²) in [4.78, 5) is 11.9. The number of nitrogens with one attached hydrogen (secondary N) is 2. The van der Waals surface area contributed by atoms with Gasteiger partial charge in [-0.05, 0) is 31.3 Å². The molecule has 0 spiro atoms. The van der Waals surface area contributed by atoms with Crippen molar-refractivity contribution in [2.24, 2.45) is 7.05 Å². The van der Waals surface area contributed by atoms with E-state index in [0.717, 1.165) is 5.56 Å². The average Bonchev–Trinajstić information content (AvgIpc) is 2.70. The third-order valence-electron chi connectivity index (χ3n) is 2.75. The second kappa shape index (κ2) is 5.31. The van der Waals surface area contributed by atoms with E-state index in [4.69, 9.17) is 12.2 Å². The lowest BCUT2D eigenvalue weighted by Crippen LogP contribution is -2.25. The Bertz CT molecular complexity index is 677. The Morgan fingerprint density at radius 1 is 1.58 bits per heavy atom. The third-order valence-corrected chi connectivity index (χ3v) is 3.11. The molecular weight excluding hydrogens is 267 g/mol. The average molecular weight is 280 g/mol. The number of aromatic amines is 1. The molecule has 2 rings (SSSR count). The number of amides is 1. The number of hydrogen-bond acceptors (Lipinski definition) is 3. The van der Waals surface area contributed by atoms with Crippen molar-refractivity contribution in [2.75, 3.05) is 0 Å². The van der Waals surface area contributed by atoms with Crippen LogP contribution in [0.25, 0.3) is 0 Å². The van der Waals surface area contributed by atoms with E-state index in [1.54, 1.807) is 24.6 Å². The van der Waals surface area contributed by atoms with Crippen molar-refractivity contribution in [3.8, 4) is 0 Å². The van der Waals surface area contributed by atoms with Crippen LogP contribution in [0.3, 0.4) is 0 Å². The highest BCUT2D eigenvalue weighted by Gasteiger charge is 2.12. The standard InChI is InChI=1S/C12H13FN4OS/c1-7-3-4-9(13)8(5-7)11(18)14-6-10-15-16-12(19)17(10)2/h3-5H,6H2,1-2H3,(H,14,18)(H,16,19). The van der Waals surface area contributed by atoms with Crippen LogP contribution < -0.4 is 5.32 Å². The number of nitrogens with zero attached hydrogens (tertiary/aromatic N) is 2. The van der Waals surface area contributed by atoms with Crippen molar-refractivity contribution >= 4 is 18.1 Å². The zero-order chi connectivity index (χ0) is 14.0. The van der Waals surface area contributed by atoms with E-state index >= 15 is 0 Å². The number of halogens is 1. The number of rotatable bonds is 3. The molecular formula is C12H13FN4OS. The summed E-state index contributed by atoms with van der Waals surface area (Å²) in [6.07, 6.45) is 0. The second-order valence-corrected chi connectivity index (χ2v) is 4.56. The molecule has 0 radical (unpaired) electrons. The van der Waals surface area contributed by atoms with E-state index in [0.29, 0.717) is 10.6 Å². The Kier molecular flexibility index (Phi) is 3.75. The topological polar surface area (TPSA) is 62.7 Å². The Hall–Kier alpha value is -2.02. The van der Waals surface area contributed by atoms with E-state index in [-0.39, 0.29) is 12.1 Å². The summed E-state index contributed by atoms with van der Waals surface area (Å²) in [5.41, 5.74) is 0.849. The highest BCUT2D eigenvalue weighted by atomic mass is 32.1. The van der Waals surface area contributed by atoms with Crippen LogP contribution >= 0.6 is 12.2 Å². The molecule has 0 saturated heterocycles. The van der Waals surface area contributed by atoms with Crippen molar-refractivity contribution in [3.63, 3.8) is 0 Å². The lowest BCUT2D eigenvalue weighted by atomic mass is 10.1. The monoisotopic (exact) mass is 280 g/mol. The zero-order valence-corrected chi connectivity index (χ0v) is 11.3. The van der Waals surface area contributed by atoms with Crippen LogP contribution in [-0.2, 0) is 13.6 Å². The van der Waals surface area contributed by atoms with Gasteiger partial charge in [-0.1, -0.05) is 11.6 Å². The predicted octanol–water partition coefficient (Wildman–Crippen LogP) is 1.86. The molecule has 2 aromatic rings. The van der Waals surface area contributed by atoms with Crippen LogP contribution in [0.15, 0.2) is 18.2 Å². The Labute approximate surface area is 114 Å². The molecule has 0 atom stereocenters. The quantitative estimate of drug-likeness (QED) is 0.844. The Morgan fingerprint density at radius 2 is 2.32 bits per heavy atom. The summed E-state index contributed by atoms with van der Waals surface area (Å²) < 4.78 is 15.6. The number of H-pyrrole nitrogens is 1. The zero-order valence-electron chi connectivity index (χ0n) is 10.5. The molecule has 0 aliphatic rings. The van der Waals surface area contributed by atoms with Gasteiger partial charge in [-0.3, -0.25) is 9.89 Å². The van der Waals surface area contributed by atoms with Crippen LogP contribution in [0.1, 0.15) is 21.7 Å². The normalized spacial score (nSPS) is 10.5. The Morgan fingerprint density at radius 3 is 2.95 bits per heavy atom. The fraction of sp³-hybridized carbons (Fsp3) is 0.250. The Balaban J connectivity index is 2.12. The smallest absolute Gasteiger partial charge is 0.254 e. The third kappa shape index (κ3) is 2.87. The highest BCUT2D eigenvalue weighted by molar-refractivity contribution is 7.71. The van der Waals surface area contributed by atoms with Crippen LogP contribution in [0.4, 0.5) is 4.39 Å². The summed E-state index contributed by atoms with van der Waals surface area (Å²) in [5, 5.41) is 9.18. The van der Waals surface area contributed by atoms with Gasteiger partial charge >= 0.3 is 0 Å². The molecule has 0 aliphatic carbocycles. The maximum Gasteiger partial charge on any atom is 0.254 e. The van der Waals surface area contributed by atoms with Gasteiger partial charge in [0.15, 0.2) is 10.6 Å². The maximum absolute atomic E-state index is 13.5. The minimum atomic E-state index is -0.543. The SMILES string of the molecule is Cc1ccc(F)c(C(=O)NCc2n[nH]c(=S)n2C)c1. The lowest BCUT2D eigenvalue weighted by molar-refractivity contribution is 0.0945. The van der Waals surface area contributed by atoms with Crippen LogP contribution in [-0.4, -0.2) is 20.7 Å². The van der Waals surface area contributed by atoms with Gasteiger partial charge in [0, 0.05) is 7.05 Å². The van der Waals surface area contributed by atoms with E-state index < -0.39 is 11.7 Å². The molecule has 19 heavy (non-hydrogen) atoms. The predicted molar refractivity (Wildman–Crippen MR) is 70.7 cm³/mol. The van der Waals surface area contributed by atoms with Gasteiger partial charge in [0.25, 0.3) is 5.91 Å². The molecule has 0 aliphatic heterocycles. The maximum atomic E-state index is 13.5. The van der Waals surface area contributed by atoms with Gasteiger partial charge in [0.2, 0.25) is 0 Å². The summed E-state index contributed by atoms with van der Waals surface area (Å²) in [6.45, 7) is 1.98. The van der Waals surface area contributed by atoms with Gasteiger partial charge in [-0.25, -0.2) is 4.39 Å². The van der Waals surface area contributed by atoms with Gasteiger partial charge in [-0.2, -0.15) is 5.10 Å². The largest absolute Gasteiger partial charge is 0.345 e. The molecule has 0 fully saturated rings.